The van der Waals surface area contributed by atoms with Gasteiger partial charge in [0, 0.05) is 0 Å². The van der Waals surface area contributed by atoms with Crippen LogP contribution in [0.2, 0.25) is 0 Å². The van der Waals surface area contributed by atoms with E-state index in [0.29, 0.717) is 0 Å². The molecule has 8 heteroatoms. The fourth-order valence-electron chi connectivity index (χ4n) is 1.04. The Balaban J connectivity index is 2.72. The minimum absolute atomic E-state index is 0.276. The molecule has 0 aliphatic heterocycles. The third kappa shape index (κ3) is 2.70. The first-order valence-corrected chi connectivity index (χ1v) is 4.14. The second-order valence-corrected chi connectivity index (χ2v) is 2.93. The largest absolute Gasteiger partial charge is 0.434 e. The number of rotatable bonds is 5. The van der Waals surface area contributed by atoms with Crippen molar-refractivity contribution in [2.45, 2.75) is 18.8 Å². The molecule has 0 aromatic carbocycles. The second-order valence-electron chi connectivity index (χ2n) is 2.93. The van der Waals surface area contributed by atoms with Gasteiger partial charge in [0.15, 0.2) is 0 Å². The molecule has 1 aromatic heterocycles. The van der Waals surface area contributed by atoms with Crippen LogP contribution in [-0.2, 0) is 6.54 Å². The fourth-order valence-corrected chi connectivity index (χ4v) is 1.04. The number of hydrogen-bond acceptors (Lipinski definition) is 5. The van der Waals surface area contributed by atoms with Crippen molar-refractivity contribution in [2.75, 3.05) is 6.67 Å². The highest BCUT2D eigenvalue weighted by Crippen LogP contribution is 2.09. The minimum atomic E-state index is -1.55. The van der Waals surface area contributed by atoms with Gasteiger partial charge in [-0.25, -0.2) is 8.96 Å². The molecular weight excluding hydrogens is 208 g/mol. The molecule has 0 fully saturated rings. The van der Waals surface area contributed by atoms with Crippen LogP contribution in [-0.4, -0.2) is 43.6 Å². The van der Waals surface area contributed by atoms with Crippen LogP contribution in [0.4, 0.5) is 10.3 Å². The summed E-state index contributed by atoms with van der Waals surface area (Å²) >= 11 is 0. The number of hydrogen-bond donors (Lipinski definition) is 2. The Hall–Kier alpha value is -1.54. The summed E-state index contributed by atoms with van der Waals surface area (Å²) in [5.41, 5.74) is 0. The van der Waals surface area contributed by atoms with Gasteiger partial charge in [-0.15, -0.1) is 0 Å². The van der Waals surface area contributed by atoms with Crippen molar-refractivity contribution in [2.24, 2.45) is 0 Å². The van der Waals surface area contributed by atoms with E-state index in [4.69, 9.17) is 5.11 Å². The molecule has 0 radical (unpaired) electrons. The summed E-state index contributed by atoms with van der Waals surface area (Å²) in [6.45, 7) is -1.38. The second kappa shape index (κ2) is 4.80. The lowest BCUT2D eigenvalue weighted by atomic mass is 10.2. The van der Waals surface area contributed by atoms with E-state index < -0.39 is 29.8 Å². The average Bonchev–Trinajstić information content (AvgIpc) is 2.64. The highest BCUT2D eigenvalue weighted by atomic mass is 18.2. The van der Waals surface area contributed by atoms with Crippen LogP contribution in [0, 0.1) is 10.1 Å². The number of halogens is 1. The molecule has 84 valence electrons. The van der Waals surface area contributed by atoms with Gasteiger partial charge in [-0.1, -0.05) is 4.98 Å². The molecule has 1 aromatic rings. The number of nitro groups is 1. The van der Waals surface area contributed by atoms with E-state index in [1.165, 1.54) is 12.4 Å². The third-order valence-corrected chi connectivity index (χ3v) is 1.84. The van der Waals surface area contributed by atoms with Crippen molar-refractivity contribution in [3.05, 3.63) is 22.5 Å². The predicted octanol–water partition coefficient (Wildman–Crippen LogP) is -0.517. The number of alkyl halides is 1. The molecule has 0 spiro atoms. The zero-order valence-corrected chi connectivity index (χ0v) is 7.65. The first-order chi connectivity index (χ1) is 7.06. The van der Waals surface area contributed by atoms with Crippen LogP contribution in [0.5, 0.6) is 0 Å². The lowest BCUT2D eigenvalue weighted by Crippen LogP contribution is -2.32. The van der Waals surface area contributed by atoms with E-state index in [1.807, 2.05) is 0 Å². The van der Waals surface area contributed by atoms with Crippen molar-refractivity contribution in [3.63, 3.8) is 0 Å². The van der Waals surface area contributed by atoms with Crippen LogP contribution in [0.1, 0.15) is 0 Å². The lowest BCUT2D eigenvalue weighted by molar-refractivity contribution is -0.397. The van der Waals surface area contributed by atoms with Gasteiger partial charge in [-0.05, 0) is 4.92 Å². The molecule has 0 unspecified atom stereocenters. The maximum Gasteiger partial charge on any atom is 0.434 e. The van der Waals surface area contributed by atoms with Gasteiger partial charge < -0.3 is 20.3 Å². The van der Waals surface area contributed by atoms with Crippen molar-refractivity contribution in [1.82, 2.24) is 9.55 Å². The molecule has 2 N–H and O–H groups in total. The Morgan fingerprint density at radius 3 is 2.80 bits per heavy atom. The Morgan fingerprint density at radius 1 is 1.60 bits per heavy atom. The third-order valence-electron chi connectivity index (χ3n) is 1.84. The van der Waals surface area contributed by atoms with E-state index in [-0.39, 0.29) is 6.54 Å². The Morgan fingerprint density at radius 2 is 2.27 bits per heavy atom. The monoisotopic (exact) mass is 218 g/mol. The van der Waals surface area contributed by atoms with Gasteiger partial charge in [0.1, 0.15) is 37.8 Å². The topological polar surface area (TPSA) is 101 Å². The predicted molar refractivity (Wildman–Crippen MR) is 46.9 cm³/mol. The number of aliphatic hydroxyl groups excluding tert-OH is 2. The first kappa shape index (κ1) is 11.5. The summed E-state index contributed by atoms with van der Waals surface area (Å²) in [5.74, 6) is -0.458. The smallest absolute Gasteiger partial charge is 0.390 e. The molecule has 0 aliphatic carbocycles. The SMILES string of the molecule is O=[N+]([O-])c1nccn1C[C@H](O)[C@H](O)C[18F]. The van der Waals surface area contributed by atoms with Crippen LogP contribution < -0.4 is 0 Å². The standard InChI is InChI=1S/C7H10FN3O4/c8-3-5(12)6(13)4-10-2-1-9-7(10)11(14)15/h1-2,5-6,12-13H,3-4H2/t5-,6+/m1/s1/i8-1. The molecule has 0 bridgehead atoms. The molecule has 0 amide bonds. The zero-order valence-electron chi connectivity index (χ0n) is 7.65. The number of aliphatic hydroxyl groups is 2. The van der Waals surface area contributed by atoms with Crippen molar-refractivity contribution in [1.29, 1.82) is 0 Å². The molecule has 7 nitrogen and oxygen atoms in total. The van der Waals surface area contributed by atoms with Gasteiger partial charge >= 0.3 is 5.95 Å². The maximum absolute atomic E-state index is 12.0. The molecule has 1 rings (SSSR count). The summed E-state index contributed by atoms with van der Waals surface area (Å²) in [6.07, 6.45) is -0.492. The molecule has 15 heavy (non-hydrogen) atoms. The number of aromatic nitrogens is 2. The van der Waals surface area contributed by atoms with E-state index in [2.05, 4.69) is 4.98 Å². The summed E-state index contributed by atoms with van der Waals surface area (Å²) in [5, 5.41) is 28.6. The number of nitrogens with zero attached hydrogens (tertiary/aromatic N) is 3. The average molecular weight is 218 g/mol. The highest BCUT2D eigenvalue weighted by Gasteiger charge is 2.22. The summed E-state index contributed by atoms with van der Waals surface area (Å²) in [7, 11) is 0. The quantitative estimate of drug-likeness (QED) is 0.511. The Labute approximate surface area is 83.9 Å². The van der Waals surface area contributed by atoms with Gasteiger partial charge in [-0.3, -0.25) is 0 Å². The molecular formula is C7H10FN3O4. The van der Waals surface area contributed by atoms with Gasteiger partial charge in [0.05, 0.1) is 0 Å². The van der Waals surface area contributed by atoms with Crippen molar-refractivity contribution < 1.29 is 19.5 Å². The van der Waals surface area contributed by atoms with Gasteiger partial charge in [0.2, 0.25) is 0 Å². The molecule has 0 aliphatic rings. The van der Waals surface area contributed by atoms with E-state index in [0.717, 1.165) is 4.57 Å². The van der Waals surface area contributed by atoms with E-state index >= 15 is 0 Å². The van der Waals surface area contributed by atoms with E-state index in [9.17, 15) is 19.6 Å². The van der Waals surface area contributed by atoms with Crippen LogP contribution >= 0.6 is 0 Å². The van der Waals surface area contributed by atoms with Gasteiger partial charge in [0.25, 0.3) is 0 Å². The summed E-state index contributed by atoms with van der Waals surface area (Å²) in [4.78, 5) is 13.1. The normalized spacial score (nSPS) is 14.9. The van der Waals surface area contributed by atoms with Gasteiger partial charge in [-0.2, -0.15) is 0 Å². The molecule has 1 heterocycles. The molecule has 0 saturated carbocycles. The van der Waals surface area contributed by atoms with Crippen LogP contribution in [0.3, 0.4) is 0 Å². The number of imidazole rings is 1. The van der Waals surface area contributed by atoms with Crippen molar-refractivity contribution >= 4 is 5.95 Å². The Kier molecular flexibility index (Phi) is 3.69. The van der Waals surface area contributed by atoms with Crippen molar-refractivity contribution in [3.8, 4) is 0 Å². The van der Waals surface area contributed by atoms with E-state index in [1.54, 1.807) is 0 Å². The van der Waals surface area contributed by atoms with Crippen LogP contribution in [0.25, 0.3) is 0 Å². The summed E-state index contributed by atoms with van der Waals surface area (Å²) in [6, 6.07) is 0. The van der Waals surface area contributed by atoms with Crippen LogP contribution in [0.15, 0.2) is 12.4 Å². The fraction of sp³-hybridized carbons (Fsp3) is 0.571. The zero-order chi connectivity index (χ0) is 11.4. The Bertz CT molecular complexity index is 343. The molecule has 2 atom stereocenters. The summed E-state index contributed by atoms with van der Waals surface area (Å²) < 4.78 is 13.0. The maximum atomic E-state index is 12.0. The molecule has 0 saturated heterocycles. The first-order valence-electron chi connectivity index (χ1n) is 4.14. The highest BCUT2D eigenvalue weighted by molar-refractivity contribution is 5.06. The lowest BCUT2D eigenvalue weighted by Gasteiger charge is -2.13. The minimum Gasteiger partial charge on any atom is -0.390 e.